The van der Waals surface area contributed by atoms with Crippen LogP contribution >= 0.6 is 11.6 Å². The van der Waals surface area contributed by atoms with E-state index < -0.39 is 0 Å². The van der Waals surface area contributed by atoms with E-state index in [0.717, 1.165) is 37.4 Å². The zero-order valence-electron chi connectivity index (χ0n) is 14.9. The zero-order valence-corrected chi connectivity index (χ0v) is 15.6. The highest BCUT2D eigenvalue weighted by Crippen LogP contribution is 2.32. The molecule has 7 nitrogen and oxygen atoms in total. The minimum absolute atomic E-state index is 0.00360. The van der Waals surface area contributed by atoms with Crippen molar-refractivity contribution < 1.29 is 14.3 Å². The van der Waals surface area contributed by atoms with Gasteiger partial charge in [-0.2, -0.15) is 0 Å². The van der Waals surface area contributed by atoms with E-state index in [1.165, 1.54) is 0 Å². The quantitative estimate of drug-likeness (QED) is 0.870. The van der Waals surface area contributed by atoms with Gasteiger partial charge in [0.15, 0.2) is 22.5 Å². The highest BCUT2D eigenvalue weighted by molar-refractivity contribution is 6.29. The SMILES string of the molecule is O=C(Nc1ccc2c(c1)OCCCO2)[C@@H]1CCCN(c2ccc(Cl)nn2)C1. The Hall–Kier alpha value is -2.54. The van der Waals surface area contributed by atoms with E-state index in [-0.39, 0.29) is 11.8 Å². The lowest BCUT2D eigenvalue weighted by Crippen LogP contribution is -2.41. The van der Waals surface area contributed by atoms with Gasteiger partial charge in [0.2, 0.25) is 5.91 Å². The topological polar surface area (TPSA) is 76.6 Å². The number of ether oxygens (including phenoxy) is 2. The Kier molecular flexibility index (Phi) is 5.29. The molecule has 142 valence electrons. The number of nitrogens with one attached hydrogen (secondary N) is 1. The first kappa shape index (κ1) is 17.9. The highest BCUT2D eigenvalue weighted by atomic mass is 35.5. The van der Waals surface area contributed by atoms with Crippen molar-refractivity contribution in [2.24, 2.45) is 5.92 Å². The van der Waals surface area contributed by atoms with E-state index in [0.29, 0.717) is 36.3 Å². The van der Waals surface area contributed by atoms with Gasteiger partial charge in [-0.25, -0.2) is 0 Å². The first-order chi connectivity index (χ1) is 13.2. The summed E-state index contributed by atoms with van der Waals surface area (Å²) in [5.74, 6) is 2.01. The van der Waals surface area contributed by atoms with E-state index >= 15 is 0 Å². The van der Waals surface area contributed by atoms with Gasteiger partial charge < -0.3 is 19.7 Å². The predicted octanol–water partition coefficient (Wildman–Crippen LogP) is 3.15. The van der Waals surface area contributed by atoms with Crippen LogP contribution in [-0.2, 0) is 4.79 Å². The van der Waals surface area contributed by atoms with Crippen molar-refractivity contribution in [3.05, 3.63) is 35.5 Å². The average Bonchev–Trinajstić information content (AvgIpc) is 2.93. The zero-order chi connectivity index (χ0) is 18.6. The molecule has 1 N–H and O–H groups in total. The summed E-state index contributed by atoms with van der Waals surface area (Å²) in [5, 5.41) is 11.4. The molecule has 1 amide bonds. The summed E-state index contributed by atoms with van der Waals surface area (Å²) in [7, 11) is 0. The summed E-state index contributed by atoms with van der Waals surface area (Å²) in [5.41, 5.74) is 0.715. The molecule has 4 rings (SSSR count). The third-order valence-electron chi connectivity index (χ3n) is 4.75. The number of hydrogen-bond donors (Lipinski definition) is 1. The second kappa shape index (κ2) is 8.00. The van der Waals surface area contributed by atoms with Crippen molar-refractivity contribution in [1.29, 1.82) is 0 Å². The van der Waals surface area contributed by atoms with Gasteiger partial charge in [0, 0.05) is 31.3 Å². The minimum atomic E-state index is -0.118. The van der Waals surface area contributed by atoms with Crippen molar-refractivity contribution in [2.45, 2.75) is 19.3 Å². The molecule has 1 aromatic heterocycles. The van der Waals surface area contributed by atoms with Gasteiger partial charge >= 0.3 is 0 Å². The molecule has 1 atom stereocenters. The van der Waals surface area contributed by atoms with Crippen LogP contribution in [0.15, 0.2) is 30.3 Å². The standard InChI is InChI=1S/C19H21ClN4O3/c20-17-6-7-18(23-22-17)24-8-1-3-13(12-24)19(25)21-14-4-5-15-16(11-14)27-10-2-9-26-15/h4-7,11,13H,1-3,8-10,12H2,(H,21,25)/t13-/m1/s1. The molecule has 0 aliphatic carbocycles. The second-order valence-electron chi connectivity index (χ2n) is 6.70. The van der Waals surface area contributed by atoms with Gasteiger partial charge in [0.05, 0.1) is 19.1 Å². The third-order valence-corrected chi connectivity index (χ3v) is 4.95. The number of benzene rings is 1. The van der Waals surface area contributed by atoms with E-state index in [1.54, 1.807) is 6.07 Å². The summed E-state index contributed by atoms with van der Waals surface area (Å²) in [4.78, 5) is 14.8. The molecule has 0 spiro atoms. The highest BCUT2D eigenvalue weighted by Gasteiger charge is 2.27. The van der Waals surface area contributed by atoms with Gasteiger partial charge in [-0.05, 0) is 37.1 Å². The molecular formula is C19H21ClN4O3. The van der Waals surface area contributed by atoms with E-state index in [2.05, 4.69) is 20.4 Å². The van der Waals surface area contributed by atoms with Crippen LogP contribution in [-0.4, -0.2) is 42.4 Å². The molecule has 0 bridgehead atoms. The molecule has 0 saturated carbocycles. The van der Waals surface area contributed by atoms with Gasteiger partial charge in [-0.15, -0.1) is 10.2 Å². The maximum absolute atomic E-state index is 12.8. The fourth-order valence-electron chi connectivity index (χ4n) is 3.36. The monoisotopic (exact) mass is 388 g/mol. The Bertz CT molecular complexity index is 815. The van der Waals surface area contributed by atoms with E-state index in [1.807, 2.05) is 24.3 Å². The Morgan fingerprint density at radius 1 is 1.11 bits per heavy atom. The van der Waals surface area contributed by atoms with Gasteiger partial charge in [0.25, 0.3) is 0 Å². The molecule has 2 aliphatic heterocycles. The number of rotatable bonds is 3. The summed E-state index contributed by atoms with van der Waals surface area (Å²) in [6.45, 7) is 2.71. The lowest BCUT2D eigenvalue weighted by atomic mass is 9.97. The van der Waals surface area contributed by atoms with E-state index in [4.69, 9.17) is 21.1 Å². The molecule has 0 radical (unpaired) electrons. The van der Waals surface area contributed by atoms with Crippen molar-refractivity contribution in [1.82, 2.24) is 10.2 Å². The fraction of sp³-hybridized carbons (Fsp3) is 0.421. The third kappa shape index (κ3) is 4.24. The van der Waals surface area contributed by atoms with Crippen molar-refractivity contribution in [3.63, 3.8) is 0 Å². The lowest BCUT2D eigenvalue weighted by molar-refractivity contribution is -0.120. The summed E-state index contributed by atoms with van der Waals surface area (Å²) in [6, 6.07) is 9.05. The summed E-state index contributed by atoms with van der Waals surface area (Å²) in [6.07, 6.45) is 2.61. The van der Waals surface area contributed by atoms with Crippen LogP contribution in [0.3, 0.4) is 0 Å². The molecule has 3 heterocycles. The number of carbonyl (C=O) groups excluding carboxylic acids is 1. The molecule has 0 unspecified atom stereocenters. The Morgan fingerprint density at radius 3 is 2.78 bits per heavy atom. The molecule has 1 saturated heterocycles. The van der Waals surface area contributed by atoms with Gasteiger partial charge in [0.1, 0.15) is 0 Å². The Balaban J connectivity index is 1.42. The number of aromatic nitrogens is 2. The van der Waals surface area contributed by atoms with Crippen LogP contribution in [0, 0.1) is 5.92 Å². The number of amides is 1. The normalized spacial score (nSPS) is 19.3. The number of carbonyl (C=O) groups is 1. The lowest BCUT2D eigenvalue weighted by Gasteiger charge is -2.32. The molecular weight excluding hydrogens is 368 g/mol. The maximum atomic E-state index is 12.8. The van der Waals surface area contributed by atoms with Gasteiger partial charge in [-0.3, -0.25) is 4.79 Å². The predicted molar refractivity (Wildman–Crippen MR) is 103 cm³/mol. The molecule has 2 aliphatic rings. The number of fused-ring (bicyclic) bond motifs is 1. The Labute approximate surface area is 162 Å². The van der Waals surface area contributed by atoms with Crippen LogP contribution in [0.1, 0.15) is 19.3 Å². The van der Waals surface area contributed by atoms with E-state index in [9.17, 15) is 4.79 Å². The number of hydrogen-bond acceptors (Lipinski definition) is 6. The average molecular weight is 389 g/mol. The Morgan fingerprint density at radius 2 is 1.96 bits per heavy atom. The smallest absolute Gasteiger partial charge is 0.229 e. The van der Waals surface area contributed by atoms with Crippen molar-refractivity contribution in [3.8, 4) is 11.5 Å². The first-order valence-corrected chi connectivity index (χ1v) is 9.51. The maximum Gasteiger partial charge on any atom is 0.229 e. The fourth-order valence-corrected chi connectivity index (χ4v) is 3.46. The molecule has 1 aromatic carbocycles. The minimum Gasteiger partial charge on any atom is -0.490 e. The van der Waals surface area contributed by atoms with Crippen LogP contribution < -0.4 is 19.7 Å². The molecule has 27 heavy (non-hydrogen) atoms. The summed E-state index contributed by atoms with van der Waals surface area (Å²) < 4.78 is 11.3. The number of piperidine rings is 1. The summed E-state index contributed by atoms with van der Waals surface area (Å²) >= 11 is 5.81. The second-order valence-corrected chi connectivity index (χ2v) is 7.09. The van der Waals surface area contributed by atoms with Crippen LogP contribution in [0.5, 0.6) is 11.5 Å². The van der Waals surface area contributed by atoms with Crippen LogP contribution in [0.2, 0.25) is 5.15 Å². The largest absolute Gasteiger partial charge is 0.490 e. The van der Waals surface area contributed by atoms with Crippen molar-refractivity contribution >= 4 is 29.0 Å². The number of nitrogens with zero attached hydrogens (tertiary/aromatic N) is 3. The molecule has 2 aromatic rings. The van der Waals surface area contributed by atoms with Crippen LogP contribution in [0.25, 0.3) is 0 Å². The molecule has 8 heteroatoms. The van der Waals surface area contributed by atoms with Gasteiger partial charge in [-0.1, -0.05) is 11.6 Å². The molecule has 1 fully saturated rings. The van der Waals surface area contributed by atoms with Crippen LogP contribution in [0.4, 0.5) is 11.5 Å². The first-order valence-electron chi connectivity index (χ1n) is 9.14. The number of halogens is 1. The van der Waals surface area contributed by atoms with Crippen molar-refractivity contribution in [2.75, 3.05) is 36.5 Å². The number of anilines is 2.